The fourth-order valence-corrected chi connectivity index (χ4v) is 2.88. The zero-order valence-electron chi connectivity index (χ0n) is 8.97. The Hall–Kier alpha value is -0.630. The normalized spacial score (nSPS) is 28.2. The molecule has 2 aliphatic carbocycles. The molecule has 0 amide bonds. The Kier molecular flexibility index (Phi) is 2.26. The van der Waals surface area contributed by atoms with Gasteiger partial charge in [-0.05, 0) is 39.0 Å². The van der Waals surface area contributed by atoms with Crippen molar-refractivity contribution in [3.05, 3.63) is 11.1 Å². The fourth-order valence-electron chi connectivity index (χ4n) is 2.88. The van der Waals surface area contributed by atoms with Crippen LogP contribution in [-0.4, -0.2) is 16.5 Å². The third kappa shape index (κ3) is 1.52. The zero-order valence-corrected chi connectivity index (χ0v) is 8.97. The lowest BCUT2D eigenvalue weighted by Crippen LogP contribution is -2.26. The lowest BCUT2D eigenvalue weighted by Gasteiger charge is -2.24. The summed E-state index contributed by atoms with van der Waals surface area (Å²) in [4.78, 5) is 11.8. The Morgan fingerprint density at radius 3 is 2.71 bits per heavy atom. The first-order valence-electron chi connectivity index (χ1n) is 5.49. The van der Waals surface area contributed by atoms with Gasteiger partial charge in [0, 0.05) is 12.0 Å². The van der Waals surface area contributed by atoms with Gasteiger partial charge in [-0.1, -0.05) is 12.0 Å². The van der Waals surface area contributed by atoms with Gasteiger partial charge in [0.15, 0.2) is 5.78 Å². The number of rotatable bonds is 1. The van der Waals surface area contributed by atoms with Crippen LogP contribution in [0.1, 0.15) is 46.0 Å². The molecule has 14 heavy (non-hydrogen) atoms. The van der Waals surface area contributed by atoms with Gasteiger partial charge in [0.1, 0.15) is 0 Å². The van der Waals surface area contributed by atoms with Gasteiger partial charge < -0.3 is 5.11 Å². The topological polar surface area (TPSA) is 37.3 Å². The third-order valence-corrected chi connectivity index (χ3v) is 3.39. The van der Waals surface area contributed by atoms with Crippen molar-refractivity contribution >= 4 is 5.78 Å². The van der Waals surface area contributed by atoms with E-state index in [1.165, 1.54) is 18.4 Å². The van der Waals surface area contributed by atoms with Gasteiger partial charge in [-0.2, -0.15) is 0 Å². The van der Waals surface area contributed by atoms with Crippen molar-refractivity contribution in [3.63, 3.8) is 0 Å². The molecule has 78 valence electrons. The van der Waals surface area contributed by atoms with Gasteiger partial charge in [0.2, 0.25) is 0 Å². The lowest BCUT2D eigenvalue weighted by molar-refractivity contribution is -0.117. The van der Waals surface area contributed by atoms with Crippen LogP contribution in [0.15, 0.2) is 11.1 Å². The smallest absolute Gasteiger partial charge is 0.162 e. The number of carbonyl (C=O) groups is 1. The van der Waals surface area contributed by atoms with Crippen molar-refractivity contribution in [1.82, 2.24) is 0 Å². The molecular weight excluding hydrogens is 176 g/mol. The highest BCUT2D eigenvalue weighted by Crippen LogP contribution is 2.43. The Bertz CT molecular complexity index is 294. The van der Waals surface area contributed by atoms with Crippen LogP contribution < -0.4 is 0 Å². The molecule has 0 aromatic rings. The van der Waals surface area contributed by atoms with E-state index >= 15 is 0 Å². The maximum Gasteiger partial charge on any atom is 0.162 e. The van der Waals surface area contributed by atoms with E-state index in [1.54, 1.807) is 13.8 Å². The standard InChI is InChI=1S/C12H18O2/c1-12(2,14)11-9-6-4-3-5-8(9)7-10(11)13/h8,14H,3-7H2,1-2H3. The largest absolute Gasteiger partial charge is 0.386 e. The molecule has 0 aromatic heterocycles. The van der Waals surface area contributed by atoms with Gasteiger partial charge in [-0.3, -0.25) is 4.79 Å². The van der Waals surface area contributed by atoms with Crippen molar-refractivity contribution in [1.29, 1.82) is 0 Å². The van der Waals surface area contributed by atoms with Crippen molar-refractivity contribution in [2.45, 2.75) is 51.6 Å². The van der Waals surface area contributed by atoms with E-state index in [0.717, 1.165) is 18.4 Å². The molecule has 1 saturated carbocycles. The maximum absolute atomic E-state index is 11.8. The van der Waals surface area contributed by atoms with Gasteiger partial charge in [0.25, 0.3) is 0 Å². The first-order chi connectivity index (χ1) is 6.50. The lowest BCUT2D eigenvalue weighted by atomic mass is 9.83. The maximum atomic E-state index is 11.8. The van der Waals surface area contributed by atoms with Crippen LogP contribution in [-0.2, 0) is 4.79 Å². The van der Waals surface area contributed by atoms with Crippen LogP contribution in [0.3, 0.4) is 0 Å². The van der Waals surface area contributed by atoms with Gasteiger partial charge in [-0.25, -0.2) is 0 Å². The molecule has 1 N–H and O–H groups in total. The monoisotopic (exact) mass is 194 g/mol. The summed E-state index contributed by atoms with van der Waals surface area (Å²) in [6, 6.07) is 0. The Morgan fingerprint density at radius 2 is 2.07 bits per heavy atom. The van der Waals surface area contributed by atoms with E-state index in [4.69, 9.17) is 0 Å². The van der Waals surface area contributed by atoms with Crippen LogP contribution in [0.25, 0.3) is 0 Å². The minimum absolute atomic E-state index is 0.180. The van der Waals surface area contributed by atoms with Crippen LogP contribution in [0.2, 0.25) is 0 Å². The molecule has 2 heteroatoms. The summed E-state index contributed by atoms with van der Waals surface area (Å²) < 4.78 is 0. The second kappa shape index (κ2) is 3.20. The van der Waals surface area contributed by atoms with E-state index in [0.29, 0.717) is 12.3 Å². The summed E-state index contributed by atoms with van der Waals surface area (Å²) in [5.74, 6) is 0.636. The Labute approximate surface area is 85.0 Å². The van der Waals surface area contributed by atoms with E-state index < -0.39 is 5.60 Å². The quantitative estimate of drug-likeness (QED) is 0.695. The molecule has 2 rings (SSSR count). The number of hydrogen-bond acceptors (Lipinski definition) is 2. The number of carbonyl (C=O) groups excluding carboxylic acids is 1. The second-order valence-corrected chi connectivity index (χ2v) is 5.03. The molecule has 0 bridgehead atoms. The average molecular weight is 194 g/mol. The number of ketones is 1. The summed E-state index contributed by atoms with van der Waals surface area (Å²) in [5, 5.41) is 9.95. The van der Waals surface area contributed by atoms with Crippen LogP contribution >= 0.6 is 0 Å². The Morgan fingerprint density at radius 1 is 1.36 bits per heavy atom. The van der Waals surface area contributed by atoms with Gasteiger partial charge >= 0.3 is 0 Å². The molecule has 1 atom stereocenters. The highest BCUT2D eigenvalue weighted by Gasteiger charge is 2.39. The van der Waals surface area contributed by atoms with Crippen molar-refractivity contribution in [3.8, 4) is 0 Å². The van der Waals surface area contributed by atoms with E-state index in [9.17, 15) is 9.90 Å². The summed E-state index contributed by atoms with van der Waals surface area (Å²) in [6.45, 7) is 3.45. The zero-order chi connectivity index (χ0) is 10.3. The number of aliphatic hydroxyl groups is 1. The van der Waals surface area contributed by atoms with E-state index in [1.807, 2.05) is 0 Å². The molecule has 1 unspecified atom stereocenters. The average Bonchev–Trinajstić information content (AvgIpc) is 2.38. The highest BCUT2D eigenvalue weighted by atomic mass is 16.3. The molecule has 0 spiro atoms. The summed E-state index contributed by atoms with van der Waals surface area (Å²) in [5.41, 5.74) is 1.05. The molecule has 0 radical (unpaired) electrons. The molecule has 0 heterocycles. The van der Waals surface area contributed by atoms with E-state index in [-0.39, 0.29) is 5.78 Å². The van der Waals surface area contributed by atoms with E-state index in [2.05, 4.69) is 0 Å². The SMILES string of the molecule is CC(C)(O)C1=C2CCCCC2CC1=O. The first kappa shape index (κ1) is 9.91. The molecule has 0 aliphatic heterocycles. The number of hydrogen-bond donors (Lipinski definition) is 1. The molecular formula is C12H18O2. The number of Topliss-reactive ketones (excluding diaryl/α,β-unsaturated/α-hetero) is 1. The van der Waals surface area contributed by atoms with Gasteiger partial charge in [-0.15, -0.1) is 0 Å². The van der Waals surface area contributed by atoms with Crippen molar-refractivity contribution in [2.24, 2.45) is 5.92 Å². The van der Waals surface area contributed by atoms with Crippen molar-refractivity contribution < 1.29 is 9.90 Å². The van der Waals surface area contributed by atoms with Gasteiger partial charge in [0.05, 0.1) is 5.60 Å². The molecule has 0 aromatic carbocycles. The minimum Gasteiger partial charge on any atom is -0.386 e. The predicted molar refractivity (Wildman–Crippen MR) is 54.9 cm³/mol. The van der Waals surface area contributed by atoms with Crippen LogP contribution in [0.5, 0.6) is 0 Å². The molecule has 2 aliphatic rings. The van der Waals surface area contributed by atoms with Crippen LogP contribution in [0.4, 0.5) is 0 Å². The molecule has 2 nitrogen and oxygen atoms in total. The number of fused-ring (bicyclic) bond motifs is 1. The highest BCUT2D eigenvalue weighted by molar-refractivity contribution is 6.00. The molecule has 0 saturated heterocycles. The third-order valence-electron chi connectivity index (χ3n) is 3.39. The summed E-state index contributed by atoms with van der Waals surface area (Å²) in [7, 11) is 0. The predicted octanol–water partition coefficient (Wildman–Crippen LogP) is 2.22. The fraction of sp³-hybridized carbons (Fsp3) is 0.750. The first-order valence-corrected chi connectivity index (χ1v) is 5.49. The summed E-state index contributed by atoms with van der Waals surface area (Å²) in [6.07, 6.45) is 5.23. The molecule has 1 fully saturated rings. The minimum atomic E-state index is -0.932. The van der Waals surface area contributed by atoms with Crippen LogP contribution in [0, 0.1) is 5.92 Å². The Balaban J connectivity index is 2.39. The second-order valence-electron chi connectivity index (χ2n) is 5.03. The van der Waals surface area contributed by atoms with Crippen molar-refractivity contribution in [2.75, 3.05) is 0 Å². The number of allylic oxidation sites excluding steroid dienone is 1. The summed E-state index contributed by atoms with van der Waals surface area (Å²) >= 11 is 0.